The van der Waals surface area contributed by atoms with Crippen molar-refractivity contribution < 1.29 is 13.2 Å². The molecule has 0 aliphatic carbocycles. The number of carbonyl (C=O) groups excluding carboxylic acids is 1. The molecule has 7 heteroatoms. The molecular weight excluding hydrogens is 350 g/mol. The van der Waals surface area contributed by atoms with Gasteiger partial charge in [0.15, 0.2) is 0 Å². The Morgan fingerprint density at radius 1 is 0.962 bits per heavy atom. The zero-order chi connectivity index (χ0) is 19.2. The molecule has 140 valence electrons. The van der Waals surface area contributed by atoms with E-state index >= 15 is 0 Å². The minimum atomic E-state index is -3.49. The fraction of sp³-hybridized carbons (Fsp3) is 0.316. The summed E-state index contributed by atoms with van der Waals surface area (Å²) in [5.74, 6) is -0.171. The normalized spacial score (nSPS) is 11.4. The van der Waals surface area contributed by atoms with E-state index < -0.39 is 10.0 Å². The molecule has 0 aromatic heterocycles. The second-order valence-electron chi connectivity index (χ2n) is 5.85. The third-order valence-corrected chi connectivity index (χ3v) is 6.12. The Bertz CT molecular complexity index is 817. The summed E-state index contributed by atoms with van der Waals surface area (Å²) in [5.41, 5.74) is 1.51. The molecule has 0 spiro atoms. The first-order chi connectivity index (χ1) is 12.4. The van der Waals surface area contributed by atoms with Gasteiger partial charge in [0, 0.05) is 31.5 Å². The van der Waals surface area contributed by atoms with E-state index in [1.54, 1.807) is 26.0 Å². The van der Waals surface area contributed by atoms with Crippen LogP contribution in [0.4, 0.5) is 11.4 Å². The fourth-order valence-corrected chi connectivity index (χ4v) is 4.07. The highest BCUT2D eigenvalue weighted by molar-refractivity contribution is 7.89. The van der Waals surface area contributed by atoms with Crippen LogP contribution < -0.4 is 10.2 Å². The lowest BCUT2D eigenvalue weighted by atomic mass is 10.3. The van der Waals surface area contributed by atoms with Gasteiger partial charge in [0.25, 0.3) is 0 Å². The summed E-state index contributed by atoms with van der Waals surface area (Å²) in [6.45, 7) is 4.65. The fourth-order valence-electron chi connectivity index (χ4n) is 2.61. The van der Waals surface area contributed by atoms with Crippen LogP contribution in [0.15, 0.2) is 59.5 Å². The second-order valence-corrected chi connectivity index (χ2v) is 7.79. The highest BCUT2D eigenvalue weighted by Crippen LogP contribution is 2.18. The Morgan fingerprint density at radius 2 is 1.54 bits per heavy atom. The number of nitrogens with zero attached hydrogens (tertiary/aromatic N) is 2. The number of para-hydroxylation sites is 1. The summed E-state index contributed by atoms with van der Waals surface area (Å²) < 4.78 is 26.3. The molecule has 2 aromatic carbocycles. The Morgan fingerprint density at radius 3 is 2.08 bits per heavy atom. The van der Waals surface area contributed by atoms with E-state index in [9.17, 15) is 13.2 Å². The monoisotopic (exact) mass is 375 g/mol. The summed E-state index contributed by atoms with van der Waals surface area (Å²) in [6.07, 6.45) is 0. The molecule has 0 fully saturated rings. The van der Waals surface area contributed by atoms with Crippen LogP contribution in [0.5, 0.6) is 0 Å². The average molecular weight is 375 g/mol. The maximum absolute atomic E-state index is 12.5. The molecule has 2 rings (SSSR count). The van der Waals surface area contributed by atoms with Gasteiger partial charge in [-0.1, -0.05) is 32.0 Å². The second kappa shape index (κ2) is 8.82. The number of hydrogen-bond donors (Lipinski definition) is 1. The highest BCUT2D eigenvalue weighted by Gasteiger charge is 2.21. The number of amides is 1. The third kappa shape index (κ3) is 4.83. The van der Waals surface area contributed by atoms with E-state index in [2.05, 4.69) is 5.32 Å². The topological polar surface area (TPSA) is 69.7 Å². The summed E-state index contributed by atoms with van der Waals surface area (Å²) in [5, 5.41) is 2.79. The van der Waals surface area contributed by atoms with Gasteiger partial charge in [-0.2, -0.15) is 4.31 Å². The molecule has 2 aromatic rings. The first-order valence-electron chi connectivity index (χ1n) is 8.54. The largest absolute Gasteiger partial charge is 0.365 e. The Hall–Kier alpha value is -2.38. The number of likely N-dealkylation sites (N-methyl/N-ethyl adjacent to an activating group) is 1. The Kier molecular flexibility index (Phi) is 6.76. The number of hydrogen-bond acceptors (Lipinski definition) is 4. The summed E-state index contributed by atoms with van der Waals surface area (Å²) in [6, 6.07) is 15.9. The molecule has 1 N–H and O–H groups in total. The van der Waals surface area contributed by atoms with E-state index in [1.165, 1.54) is 16.4 Å². The molecule has 0 saturated carbocycles. The molecular formula is C19H25N3O3S. The van der Waals surface area contributed by atoms with E-state index in [0.717, 1.165) is 5.69 Å². The van der Waals surface area contributed by atoms with Crippen molar-refractivity contribution in [1.82, 2.24) is 4.31 Å². The molecule has 0 radical (unpaired) electrons. The average Bonchev–Trinajstić information content (AvgIpc) is 2.63. The van der Waals surface area contributed by atoms with E-state index in [0.29, 0.717) is 18.8 Å². The minimum Gasteiger partial charge on any atom is -0.365 e. The molecule has 1 amide bonds. The summed E-state index contributed by atoms with van der Waals surface area (Å²) in [4.78, 5) is 14.3. The van der Waals surface area contributed by atoms with Crippen molar-refractivity contribution in [3.05, 3.63) is 54.6 Å². The molecule has 0 aliphatic rings. The Balaban J connectivity index is 2.02. The van der Waals surface area contributed by atoms with Gasteiger partial charge in [-0.25, -0.2) is 8.42 Å². The van der Waals surface area contributed by atoms with Crippen molar-refractivity contribution in [2.24, 2.45) is 0 Å². The van der Waals surface area contributed by atoms with Gasteiger partial charge < -0.3 is 10.2 Å². The van der Waals surface area contributed by atoms with Gasteiger partial charge in [-0.05, 0) is 36.4 Å². The lowest BCUT2D eigenvalue weighted by molar-refractivity contribution is -0.114. The van der Waals surface area contributed by atoms with E-state index in [1.807, 2.05) is 42.3 Å². The van der Waals surface area contributed by atoms with Crippen molar-refractivity contribution >= 4 is 27.3 Å². The third-order valence-electron chi connectivity index (χ3n) is 4.06. The molecule has 0 unspecified atom stereocenters. The predicted molar refractivity (Wildman–Crippen MR) is 105 cm³/mol. The quantitative estimate of drug-likeness (QED) is 0.770. The number of anilines is 2. The molecule has 0 atom stereocenters. The van der Waals surface area contributed by atoms with Gasteiger partial charge >= 0.3 is 0 Å². The molecule has 0 saturated heterocycles. The molecule has 0 aliphatic heterocycles. The van der Waals surface area contributed by atoms with Crippen LogP contribution in [0.25, 0.3) is 0 Å². The predicted octanol–water partition coefficient (Wildman–Crippen LogP) is 2.79. The van der Waals surface area contributed by atoms with Crippen LogP contribution in [-0.4, -0.2) is 45.3 Å². The zero-order valence-electron chi connectivity index (χ0n) is 15.3. The van der Waals surface area contributed by atoms with Crippen molar-refractivity contribution in [1.29, 1.82) is 0 Å². The number of carbonyl (C=O) groups is 1. The van der Waals surface area contributed by atoms with Crippen molar-refractivity contribution in [3.8, 4) is 0 Å². The minimum absolute atomic E-state index is 0.171. The molecule has 0 bridgehead atoms. The van der Waals surface area contributed by atoms with Gasteiger partial charge in [0.1, 0.15) is 0 Å². The lowest BCUT2D eigenvalue weighted by Gasteiger charge is -2.19. The van der Waals surface area contributed by atoms with Crippen molar-refractivity contribution in [2.75, 3.05) is 36.9 Å². The first-order valence-corrected chi connectivity index (χ1v) is 9.98. The zero-order valence-corrected chi connectivity index (χ0v) is 16.2. The molecule has 0 heterocycles. The van der Waals surface area contributed by atoms with Gasteiger partial charge in [-0.3, -0.25) is 4.79 Å². The smallest absolute Gasteiger partial charge is 0.243 e. The SMILES string of the molecule is CCN(CC)S(=O)(=O)c1ccc(NC(=O)CN(C)c2ccccc2)cc1. The standard InChI is InChI=1S/C19H25N3O3S/c1-4-22(5-2)26(24,25)18-13-11-16(12-14-18)20-19(23)15-21(3)17-9-7-6-8-10-17/h6-14H,4-5,15H2,1-3H3,(H,20,23). The van der Waals surface area contributed by atoms with Gasteiger partial charge in [-0.15, -0.1) is 0 Å². The maximum Gasteiger partial charge on any atom is 0.243 e. The van der Waals surface area contributed by atoms with Gasteiger partial charge in [0.05, 0.1) is 11.4 Å². The maximum atomic E-state index is 12.5. The lowest BCUT2D eigenvalue weighted by Crippen LogP contribution is -2.31. The number of rotatable bonds is 8. The number of benzene rings is 2. The highest BCUT2D eigenvalue weighted by atomic mass is 32.2. The van der Waals surface area contributed by atoms with Crippen LogP contribution in [0.3, 0.4) is 0 Å². The van der Waals surface area contributed by atoms with Gasteiger partial charge in [0.2, 0.25) is 15.9 Å². The van der Waals surface area contributed by atoms with Crippen LogP contribution in [0.2, 0.25) is 0 Å². The number of nitrogens with one attached hydrogen (secondary N) is 1. The summed E-state index contributed by atoms with van der Waals surface area (Å²) in [7, 11) is -1.65. The first kappa shape index (κ1) is 19.9. The van der Waals surface area contributed by atoms with E-state index in [4.69, 9.17) is 0 Å². The van der Waals surface area contributed by atoms with Crippen LogP contribution in [0, 0.1) is 0 Å². The molecule has 6 nitrogen and oxygen atoms in total. The summed E-state index contributed by atoms with van der Waals surface area (Å²) >= 11 is 0. The van der Waals surface area contributed by atoms with Crippen LogP contribution in [-0.2, 0) is 14.8 Å². The van der Waals surface area contributed by atoms with Crippen molar-refractivity contribution in [3.63, 3.8) is 0 Å². The van der Waals surface area contributed by atoms with Crippen molar-refractivity contribution in [2.45, 2.75) is 18.7 Å². The molecule has 26 heavy (non-hydrogen) atoms. The van der Waals surface area contributed by atoms with Crippen LogP contribution in [0.1, 0.15) is 13.8 Å². The van der Waals surface area contributed by atoms with E-state index in [-0.39, 0.29) is 17.3 Å². The Labute approximate surface area is 155 Å². The van der Waals surface area contributed by atoms with Crippen LogP contribution >= 0.6 is 0 Å². The number of sulfonamides is 1.